The Kier molecular flexibility index (Phi) is 3.68. The fraction of sp³-hybridized carbons (Fsp3) is 0.852. The van der Waals surface area contributed by atoms with Crippen LogP contribution < -0.4 is 0 Å². The van der Waals surface area contributed by atoms with Crippen LogP contribution in [0.2, 0.25) is 0 Å². The molecule has 1 nitrogen and oxygen atoms in total. The summed E-state index contributed by atoms with van der Waals surface area (Å²) in [6, 6.07) is 4.47. The molecule has 4 saturated carbocycles. The molecular formula is C27H40O. The zero-order valence-electron chi connectivity index (χ0n) is 18.5. The molecule has 1 heteroatoms. The second kappa shape index (κ2) is 5.70. The van der Waals surface area contributed by atoms with Crippen molar-refractivity contribution in [2.75, 3.05) is 0 Å². The van der Waals surface area contributed by atoms with E-state index in [1.807, 2.05) is 0 Å². The van der Waals surface area contributed by atoms with Gasteiger partial charge in [0.15, 0.2) is 0 Å². The number of fused-ring (bicyclic) bond motifs is 6. The minimum Gasteiger partial charge on any atom is -0.465 e. The molecule has 154 valence electrons. The Morgan fingerprint density at radius 2 is 1.64 bits per heavy atom. The molecule has 0 amide bonds. The topological polar surface area (TPSA) is 13.1 Å². The van der Waals surface area contributed by atoms with Crippen LogP contribution in [0.1, 0.15) is 109 Å². The van der Waals surface area contributed by atoms with Crippen molar-refractivity contribution in [3.05, 3.63) is 23.7 Å². The molecule has 5 aliphatic rings. The van der Waals surface area contributed by atoms with E-state index in [9.17, 15) is 0 Å². The molecule has 0 N–H and O–H groups in total. The van der Waals surface area contributed by atoms with Gasteiger partial charge in [0.1, 0.15) is 11.5 Å². The maximum atomic E-state index is 6.02. The van der Waals surface area contributed by atoms with Crippen molar-refractivity contribution in [1.29, 1.82) is 0 Å². The van der Waals surface area contributed by atoms with Crippen LogP contribution in [-0.4, -0.2) is 0 Å². The van der Waals surface area contributed by atoms with E-state index >= 15 is 0 Å². The third-order valence-electron chi connectivity index (χ3n) is 10.7. The first kappa shape index (κ1) is 18.1. The summed E-state index contributed by atoms with van der Waals surface area (Å²) < 4.78 is 6.02. The summed E-state index contributed by atoms with van der Waals surface area (Å²) in [7, 11) is 0. The van der Waals surface area contributed by atoms with Crippen molar-refractivity contribution in [3.8, 4) is 0 Å². The first-order valence-electron chi connectivity index (χ1n) is 12.4. The van der Waals surface area contributed by atoms with Gasteiger partial charge in [-0.25, -0.2) is 0 Å². The van der Waals surface area contributed by atoms with E-state index in [0.29, 0.717) is 16.2 Å². The summed E-state index contributed by atoms with van der Waals surface area (Å²) in [4.78, 5) is 0. The number of hydrogen-bond donors (Lipinski definition) is 0. The van der Waals surface area contributed by atoms with Gasteiger partial charge in [-0.15, -0.1) is 0 Å². The molecule has 2 spiro atoms. The third-order valence-corrected chi connectivity index (χ3v) is 10.7. The van der Waals surface area contributed by atoms with Gasteiger partial charge in [-0.3, -0.25) is 0 Å². The Labute approximate surface area is 172 Å². The quantitative estimate of drug-likeness (QED) is 0.513. The monoisotopic (exact) mass is 380 g/mol. The molecule has 4 bridgehead atoms. The first-order valence-corrected chi connectivity index (χ1v) is 12.4. The van der Waals surface area contributed by atoms with Gasteiger partial charge < -0.3 is 4.42 Å². The van der Waals surface area contributed by atoms with Crippen LogP contribution >= 0.6 is 0 Å². The highest BCUT2D eigenvalue weighted by molar-refractivity contribution is 5.28. The SMILES string of the molecule is CC1(C)CCC2(CC1)CC1CC(CC3(C)CCC4(CC3)Cc3ccc4o3)C2C1. The second-order valence-electron chi connectivity index (χ2n) is 13.2. The lowest BCUT2D eigenvalue weighted by Crippen LogP contribution is -2.41. The maximum absolute atomic E-state index is 6.02. The molecule has 0 saturated heterocycles. The molecule has 2 heterocycles. The largest absolute Gasteiger partial charge is 0.465 e. The van der Waals surface area contributed by atoms with E-state index in [2.05, 4.69) is 32.9 Å². The zero-order chi connectivity index (χ0) is 19.2. The predicted molar refractivity (Wildman–Crippen MR) is 114 cm³/mol. The maximum Gasteiger partial charge on any atom is 0.110 e. The van der Waals surface area contributed by atoms with Crippen LogP contribution in [0.5, 0.6) is 0 Å². The summed E-state index contributed by atoms with van der Waals surface area (Å²) in [6.45, 7) is 7.66. The molecule has 0 aromatic carbocycles. The van der Waals surface area contributed by atoms with Crippen molar-refractivity contribution in [2.24, 2.45) is 34.0 Å². The van der Waals surface area contributed by atoms with Gasteiger partial charge in [-0.05, 0) is 123 Å². The Hall–Kier alpha value is -0.720. The molecule has 6 rings (SSSR count). The Morgan fingerprint density at radius 1 is 0.893 bits per heavy atom. The molecule has 28 heavy (non-hydrogen) atoms. The van der Waals surface area contributed by atoms with Crippen molar-refractivity contribution in [3.63, 3.8) is 0 Å². The van der Waals surface area contributed by atoms with Crippen molar-refractivity contribution >= 4 is 0 Å². The van der Waals surface area contributed by atoms with E-state index in [1.165, 1.54) is 75.7 Å². The fourth-order valence-corrected chi connectivity index (χ4v) is 8.88. The standard InChI is InChI=1S/C27H40O/c1-24(2)6-10-26(11-7-24)16-19-14-20(22(26)15-19)17-25(3)8-12-27(13-9-25)18-21-4-5-23(27)28-21/h4-5,19-20,22H,6-18H2,1-3H3. The normalized spacial score (nSPS) is 38.5. The highest BCUT2D eigenvalue weighted by Gasteiger charge is 2.57. The fourth-order valence-electron chi connectivity index (χ4n) is 8.88. The van der Waals surface area contributed by atoms with Crippen LogP contribution in [0.4, 0.5) is 0 Å². The van der Waals surface area contributed by atoms with Crippen molar-refractivity contribution < 1.29 is 4.42 Å². The molecule has 4 aliphatic carbocycles. The summed E-state index contributed by atoms with van der Waals surface area (Å²) in [5, 5.41) is 0. The smallest absolute Gasteiger partial charge is 0.110 e. The summed E-state index contributed by atoms with van der Waals surface area (Å²) >= 11 is 0. The van der Waals surface area contributed by atoms with E-state index in [0.717, 1.165) is 23.2 Å². The van der Waals surface area contributed by atoms with Gasteiger partial charge in [0.05, 0.1) is 0 Å². The van der Waals surface area contributed by atoms with E-state index < -0.39 is 0 Å². The van der Waals surface area contributed by atoms with Gasteiger partial charge in [-0.2, -0.15) is 0 Å². The number of hydrogen-bond acceptors (Lipinski definition) is 1. The van der Waals surface area contributed by atoms with Crippen LogP contribution in [0.3, 0.4) is 0 Å². The summed E-state index contributed by atoms with van der Waals surface area (Å²) in [5.74, 6) is 5.74. The lowest BCUT2D eigenvalue weighted by molar-refractivity contribution is 0.000155. The Balaban J connectivity index is 1.13. The molecule has 3 unspecified atom stereocenters. The lowest BCUT2D eigenvalue weighted by atomic mass is 9.54. The molecule has 3 atom stereocenters. The molecule has 1 aliphatic heterocycles. The predicted octanol–water partition coefficient (Wildman–Crippen LogP) is 7.68. The molecular weight excluding hydrogens is 340 g/mol. The highest BCUT2D eigenvalue weighted by atomic mass is 16.3. The van der Waals surface area contributed by atoms with Crippen molar-refractivity contribution in [2.45, 2.75) is 110 Å². The summed E-state index contributed by atoms with van der Waals surface area (Å²) in [6.07, 6.45) is 19.1. The number of rotatable bonds is 2. The summed E-state index contributed by atoms with van der Waals surface area (Å²) in [5.41, 5.74) is 2.35. The number of furan rings is 1. The molecule has 0 radical (unpaired) electrons. The van der Waals surface area contributed by atoms with Crippen molar-refractivity contribution in [1.82, 2.24) is 0 Å². The third kappa shape index (κ3) is 2.63. The molecule has 4 fully saturated rings. The zero-order valence-corrected chi connectivity index (χ0v) is 18.5. The van der Waals surface area contributed by atoms with Gasteiger partial charge in [-0.1, -0.05) is 20.8 Å². The van der Waals surface area contributed by atoms with Gasteiger partial charge in [0.25, 0.3) is 0 Å². The minimum atomic E-state index is 0.397. The average Bonchev–Trinajstić information content (AvgIpc) is 3.41. The van der Waals surface area contributed by atoms with Gasteiger partial charge >= 0.3 is 0 Å². The first-order chi connectivity index (χ1) is 13.3. The molecule has 1 aromatic heterocycles. The van der Waals surface area contributed by atoms with Gasteiger partial charge in [0.2, 0.25) is 0 Å². The molecule has 1 aromatic rings. The Morgan fingerprint density at radius 3 is 2.25 bits per heavy atom. The van der Waals surface area contributed by atoms with E-state index in [1.54, 1.807) is 19.3 Å². The Bertz CT molecular complexity index is 749. The van der Waals surface area contributed by atoms with Gasteiger partial charge in [0, 0.05) is 11.8 Å². The lowest BCUT2D eigenvalue weighted by Gasteiger charge is -2.51. The van der Waals surface area contributed by atoms with Crippen LogP contribution in [-0.2, 0) is 11.8 Å². The second-order valence-corrected chi connectivity index (χ2v) is 13.2. The van der Waals surface area contributed by atoms with Crippen LogP contribution in [0, 0.1) is 34.0 Å². The van der Waals surface area contributed by atoms with E-state index in [-0.39, 0.29) is 0 Å². The highest BCUT2D eigenvalue weighted by Crippen LogP contribution is 2.67. The van der Waals surface area contributed by atoms with E-state index in [4.69, 9.17) is 4.42 Å². The van der Waals surface area contributed by atoms with Crippen LogP contribution in [0.15, 0.2) is 16.5 Å². The van der Waals surface area contributed by atoms with Crippen LogP contribution in [0.25, 0.3) is 0 Å². The average molecular weight is 381 g/mol. The minimum absolute atomic E-state index is 0.397.